The van der Waals surface area contributed by atoms with Crippen LogP contribution in [0, 0.1) is 0 Å². The van der Waals surface area contributed by atoms with Crippen LogP contribution in [-0.4, -0.2) is 18.7 Å². The number of nitrogens with one attached hydrogen (secondary N) is 1. The maximum absolute atomic E-state index is 12.4. The third-order valence-electron chi connectivity index (χ3n) is 3.65. The number of carbonyl (C=O) groups is 1. The van der Waals surface area contributed by atoms with Crippen LogP contribution in [0.2, 0.25) is 0 Å². The molecule has 0 aliphatic carbocycles. The number of hydrogen-bond donors (Lipinski definition) is 2. The van der Waals surface area contributed by atoms with Crippen molar-refractivity contribution in [3.63, 3.8) is 0 Å². The summed E-state index contributed by atoms with van der Waals surface area (Å²) in [4.78, 5) is 12.4. The van der Waals surface area contributed by atoms with Crippen molar-refractivity contribution >= 4 is 18.3 Å². The Balaban J connectivity index is 0.00000338. The second kappa shape index (κ2) is 8.91. The summed E-state index contributed by atoms with van der Waals surface area (Å²) < 4.78 is 41.8. The molecule has 1 amide bonds. The fourth-order valence-corrected chi connectivity index (χ4v) is 2.22. The molecule has 0 bridgehead atoms. The van der Waals surface area contributed by atoms with Crippen molar-refractivity contribution in [2.45, 2.75) is 25.2 Å². The molecule has 26 heavy (non-hydrogen) atoms. The predicted molar refractivity (Wildman–Crippen MR) is 95.1 cm³/mol. The SMILES string of the molecule is CC(N)(C(=O)NCc1ccccc1OCC(F)(F)F)c1ccccc1.Cl. The van der Waals surface area contributed by atoms with Crippen LogP contribution < -0.4 is 15.8 Å². The molecule has 1 unspecified atom stereocenters. The van der Waals surface area contributed by atoms with E-state index in [1.807, 2.05) is 6.07 Å². The quantitative estimate of drug-likeness (QED) is 0.795. The number of ether oxygens (including phenoxy) is 1. The molecule has 0 saturated heterocycles. The molecule has 2 aromatic rings. The first-order valence-electron chi connectivity index (χ1n) is 7.60. The molecule has 3 N–H and O–H groups in total. The maximum atomic E-state index is 12.4. The summed E-state index contributed by atoms with van der Waals surface area (Å²) in [5.41, 5.74) is 5.91. The van der Waals surface area contributed by atoms with Crippen molar-refractivity contribution in [3.8, 4) is 5.75 Å². The van der Waals surface area contributed by atoms with Gasteiger partial charge >= 0.3 is 6.18 Å². The molecule has 2 rings (SSSR count). The third kappa shape index (κ3) is 5.93. The molecular weight excluding hydrogens is 369 g/mol. The first kappa shape index (κ1) is 21.8. The lowest BCUT2D eigenvalue weighted by Crippen LogP contribution is -2.48. The Bertz CT molecular complexity index is 722. The third-order valence-corrected chi connectivity index (χ3v) is 3.65. The molecule has 0 aromatic heterocycles. The smallest absolute Gasteiger partial charge is 0.422 e. The van der Waals surface area contributed by atoms with E-state index in [2.05, 4.69) is 5.32 Å². The van der Waals surface area contributed by atoms with E-state index in [4.69, 9.17) is 10.5 Å². The molecule has 0 aliphatic heterocycles. The molecule has 0 saturated carbocycles. The monoisotopic (exact) mass is 388 g/mol. The van der Waals surface area contributed by atoms with Crippen molar-refractivity contribution in [2.75, 3.05) is 6.61 Å². The number of nitrogens with two attached hydrogens (primary N) is 1. The van der Waals surface area contributed by atoms with Crippen LogP contribution in [0.15, 0.2) is 54.6 Å². The topological polar surface area (TPSA) is 64.4 Å². The molecule has 0 aliphatic rings. The Hall–Kier alpha value is -2.25. The van der Waals surface area contributed by atoms with Gasteiger partial charge in [0.15, 0.2) is 6.61 Å². The van der Waals surface area contributed by atoms with Gasteiger partial charge in [0.05, 0.1) is 0 Å². The molecular formula is C18H20ClF3N2O2. The molecule has 0 spiro atoms. The average molecular weight is 389 g/mol. The van der Waals surface area contributed by atoms with E-state index < -0.39 is 24.2 Å². The van der Waals surface area contributed by atoms with E-state index in [0.29, 0.717) is 11.1 Å². The van der Waals surface area contributed by atoms with Gasteiger partial charge < -0.3 is 15.8 Å². The van der Waals surface area contributed by atoms with Gasteiger partial charge in [-0.25, -0.2) is 0 Å². The second-order valence-corrected chi connectivity index (χ2v) is 5.76. The van der Waals surface area contributed by atoms with Crippen LogP contribution in [0.1, 0.15) is 18.1 Å². The Morgan fingerprint density at radius 1 is 1.08 bits per heavy atom. The van der Waals surface area contributed by atoms with E-state index >= 15 is 0 Å². The highest BCUT2D eigenvalue weighted by Crippen LogP contribution is 2.23. The van der Waals surface area contributed by atoms with Crippen LogP contribution in [0.25, 0.3) is 0 Å². The number of alkyl halides is 3. The largest absolute Gasteiger partial charge is 0.484 e. The zero-order chi connectivity index (χ0) is 18.5. The first-order chi connectivity index (χ1) is 11.7. The lowest BCUT2D eigenvalue weighted by molar-refractivity contribution is -0.153. The summed E-state index contributed by atoms with van der Waals surface area (Å²) in [5, 5.41) is 2.65. The summed E-state index contributed by atoms with van der Waals surface area (Å²) >= 11 is 0. The Morgan fingerprint density at radius 2 is 1.65 bits per heavy atom. The zero-order valence-corrected chi connectivity index (χ0v) is 14.9. The maximum Gasteiger partial charge on any atom is 0.422 e. The van der Waals surface area contributed by atoms with Gasteiger partial charge in [-0.3, -0.25) is 4.79 Å². The van der Waals surface area contributed by atoms with Gasteiger partial charge in [0.2, 0.25) is 5.91 Å². The molecule has 0 heterocycles. The molecule has 2 aromatic carbocycles. The molecule has 1 atom stereocenters. The highest BCUT2D eigenvalue weighted by molar-refractivity contribution is 5.87. The van der Waals surface area contributed by atoms with Gasteiger partial charge in [-0.2, -0.15) is 13.2 Å². The predicted octanol–water partition coefficient (Wildman–Crippen LogP) is 3.54. The fourth-order valence-electron chi connectivity index (χ4n) is 2.22. The number of benzene rings is 2. The minimum Gasteiger partial charge on any atom is -0.484 e. The highest BCUT2D eigenvalue weighted by atomic mass is 35.5. The van der Waals surface area contributed by atoms with Crippen molar-refractivity contribution in [2.24, 2.45) is 5.73 Å². The van der Waals surface area contributed by atoms with Crippen molar-refractivity contribution in [3.05, 3.63) is 65.7 Å². The fraction of sp³-hybridized carbons (Fsp3) is 0.278. The molecule has 0 fully saturated rings. The summed E-state index contributed by atoms with van der Waals surface area (Å²) in [6, 6.07) is 15.1. The Labute approximate surface area is 155 Å². The van der Waals surface area contributed by atoms with Crippen LogP contribution in [-0.2, 0) is 16.9 Å². The van der Waals surface area contributed by atoms with Crippen LogP contribution in [0.3, 0.4) is 0 Å². The first-order valence-corrected chi connectivity index (χ1v) is 7.60. The van der Waals surface area contributed by atoms with E-state index in [1.54, 1.807) is 49.4 Å². The van der Waals surface area contributed by atoms with Gasteiger partial charge in [0, 0.05) is 12.1 Å². The Morgan fingerprint density at radius 3 is 2.27 bits per heavy atom. The lowest BCUT2D eigenvalue weighted by atomic mass is 9.92. The number of rotatable bonds is 6. The summed E-state index contributed by atoms with van der Waals surface area (Å²) in [6.07, 6.45) is -4.43. The van der Waals surface area contributed by atoms with Crippen molar-refractivity contribution in [1.29, 1.82) is 0 Å². The number of amides is 1. The molecule has 8 heteroatoms. The van der Waals surface area contributed by atoms with Gasteiger partial charge in [0.1, 0.15) is 11.3 Å². The van der Waals surface area contributed by atoms with Gasteiger partial charge in [-0.15, -0.1) is 12.4 Å². The number of carbonyl (C=O) groups excluding carboxylic acids is 1. The Kier molecular flexibility index (Phi) is 7.47. The van der Waals surface area contributed by atoms with E-state index in [-0.39, 0.29) is 24.7 Å². The average Bonchev–Trinajstić information content (AvgIpc) is 2.58. The minimum absolute atomic E-state index is 0. The molecule has 4 nitrogen and oxygen atoms in total. The summed E-state index contributed by atoms with van der Waals surface area (Å²) in [5.74, 6) is -0.372. The van der Waals surface area contributed by atoms with Gasteiger partial charge in [0.25, 0.3) is 0 Å². The van der Waals surface area contributed by atoms with Gasteiger partial charge in [-0.05, 0) is 18.6 Å². The summed E-state index contributed by atoms with van der Waals surface area (Å²) in [7, 11) is 0. The van der Waals surface area contributed by atoms with E-state index in [0.717, 1.165) is 0 Å². The van der Waals surface area contributed by atoms with Crippen LogP contribution >= 0.6 is 12.4 Å². The number of halogens is 4. The standard InChI is InChI=1S/C18H19F3N2O2.ClH/c1-17(22,14-8-3-2-4-9-14)16(24)23-11-13-7-5-6-10-15(13)25-12-18(19,20)21;/h2-10H,11-12,22H2,1H3,(H,23,24);1H. The summed E-state index contributed by atoms with van der Waals surface area (Å²) in [6.45, 7) is 0.187. The second-order valence-electron chi connectivity index (χ2n) is 5.76. The number of hydrogen-bond acceptors (Lipinski definition) is 3. The normalized spacial score (nSPS) is 13.3. The van der Waals surface area contributed by atoms with Crippen LogP contribution in [0.5, 0.6) is 5.75 Å². The van der Waals surface area contributed by atoms with Gasteiger partial charge in [-0.1, -0.05) is 48.5 Å². The van der Waals surface area contributed by atoms with Crippen molar-refractivity contribution in [1.82, 2.24) is 5.32 Å². The van der Waals surface area contributed by atoms with E-state index in [1.165, 1.54) is 6.07 Å². The highest BCUT2D eigenvalue weighted by Gasteiger charge is 2.31. The zero-order valence-electron chi connectivity index (χ0n) is 14.0. The van der Waals surface area contributed by atoms with E-state index in [9.17, 15) is 18.0 Å². The molecule has 142 valence electrons. The number of para-hydroxylation sites is 1. The minimum atomic E-state index is -4.43. The van der Waals surface area contributed by atoms with Crippen molar-refractivity contribution < 1.29 is 22.7 Å². The molecule has 0 radical (unpaired) electrons. The van der Waals surface area contributed by atoms with Crippen LogP contribution in [0.4, 0.5) is 13.2 Å². The lowest BCUT2D eigenvalue weighted by Gasteiger charge is -2.24.